The zero-order chi connectivity index (χ0) is 13.9. The molecular weight excluding hydrogens is 236 g/mol. The second-order valence-electron chi connectivity index (χ2n) is 5.89. The number of pyridine rings is 1. The van der Waals surface area contributed by atoms with E-state index in [2.05, 4.69) is 23.7 Å². The van der Waals surface area contributed by atoms with Crippen LogP contribution in [0.2, 0.25) is 0 Å². The lowest BCUT2D eigenvalue weighted by Gasteiger charge is -2.46. The van der Waals surface area contributed by atoms with Gasteiger partial charge in [-0.15, -0.1) is 0 Å². The van der Waals surface area contributed by atoms with E-state index in [1.165, 1.54) is 19.3 Å². The van der Waals surface area contributed by atoms with Crippen LogP contribution in [0, 0.1) is 6.92 Å². The number of rotatable bonds is 4. The average molecular weight is 262 g/mol. The van der Waals surface area contributed by atoms with Gasteiger partial charge in [0, 0.05) is 23.5 Å². The molecule has 0 bridgehead atoms. The van der Waals surface area contributed by atoms with Crippen molar-refractivity contribution in [1.29, 1.82) is 0 Å². The Labute approximate surface area is 116 Å². The van der Waals surface area contributed by atoms with Crippen molar-refractivity contribution in [2.75, 3.05) is 13.1 Å². The number of aromatic nitrogens is 1. The van der Waals surface area contributed by atoms with Crippen molar-refractivity contribution in [3.8, 4) is 0 Å². The molecule has 0 saturated carbocycles. The van der Waals surface area contributed by atoms with Gasteiger partial charge in [0.1, 0.15) is 0 Å². The fourth-order valence-electron chi connectivity index (χ4n) is 3.09. The molecular formula is C16H26N2O. The summed E-state index contributed by atoms with van der Waals surface area (Å²) in [7, 11) is 0. The van der Waals surface area contributed by atoms with Crippen LogP contribution in [0.5, 0.6) is 0 Å². The van der Waals surface area contributed by atoms with E-state index >= 15 is 0 Å². The number of hydrogen-bond acceptors (Lipinski definition) is 3. The summed E-state index contributed by atoms with van der Waals surface area (Å²) in [5, 5.41) is 10.9. The number of nitrogens with zero attached hydrogens (tertiary/aromatic N) is 2. The van der Waals surface area contributed by atoms with Crippen molar-refractivity contribution in [2.24, 2.45) is 0 Å². The lowest BCUT2D eigenvalue weighted by atomic mass is 9.83. The topological polar surface area (TPSA) is 36.4 Å². The number of aliphatic hydroxyl groups is 1. The minimum Gasteiger partial charge on any atom is -0.386 e. The Kier molecular flexibility index (Phi) is 4.58. The molecule has 2 atom stereocenters. The van der Waals surface area contributed by atoms with Crippen LogP contribution in [0.4, 0.5) is 0 Å². The molecule has 2 heterocycles. The quantitative estimate of drug-likeness (QED) is 0.906. The van der Waals surface area contributed by atoms with Crippen LogP contribution < -0.4 is 0 Å². The Bertz CT molecular complexity index is 415. The number of hydrogen-bond donors (Lipinski definition) is 1. The van der Waals surface area contributed by atoms with Gasteiger partial charge in [0.2, 0.25) is 0 Å². The molecule has 19 heavy (non-hydrogen) atoms. The predicted octanol–water partition coefficient (Wildman–Crippen LogP) is 3.08. The molecule has 3 heteroatoms. The third-order valence-corrected chi connectivity index (χ3v) is 4.76. The van der Waals surface area contributed by atoms with Crippen LogP contribution in [0.3, 0.4) is 0 Å². The molecule has 2 rings (SSSR count). The summed E-state index contributed by atoms with van der Waals surface area (Å²) in [6.07, 6.45) is 7.89. The fraction of sp³-hybridized carbons (Fsp3) is 0.688. The molecule has 0 spiro atoms. The number of aliphatic hydroxyl groups excluding tert-OH is 1. The molecule has 106 valence electrons. The highest BCUT2D eigenvalue weighted by atomic mass is 16.3. The van der Waals surface area contributed by atoms with E-state index in [1.807, 2.05) is 19.2 Å². The van der Waals surface area contributed by atoms with E-state index in [1.54, 1.807) is 6.20 Å². The molecule has 1 saturated heterocycles. The van der Waals surface area contributed by atoms with Crippen molar-refractivity contribution in [3.63, 3.8) is 0 Å². The Hall–Kier alpha value is -0.930. The number of aryl methyl sites for hydroxylation is 1. The molecule has 1 aliphatic heterocycles. The zero-order valence-corrected chi connectivity index (χ0v) is 12.4. The van der Waals surface area contributed by atoms with Crippen molar-refractivity contribution in [2.45, 2.75) is 58.1 Å². The highest BCUT2D eigenvalue weighted by Crippen LogP contribution is 2.36. The fourth-order valence-corrected chi connectivity index (χ4v) is 3.09. The van der Waals surface area contributed by atoms with Crippen molar-refractivity contribution < 1.29 is 5.11 Å². The van der Waals surface area contributed by atoms with Crippen LogP contribution >= 0.6 is 0 Å². The minimum absolute atomic E-state index is 0.186. The monoisotopic (exact) mass is 262 g/mol. The Balaban J connectivity index is 2.27. The maximum Gasteiger partial charge on any atom is 0.0988 e. The first-order valence-corrected chi connectivity index (χ1v) is 7.43. The van der Waals surface area contributed by atoms with E-state index in [-0.39, 0.29) is 5.54 Å². The van der Waals surface area contributed by atoms with Gasteiger partial charge in [0.15, 0.2) is 0 Å². The lowest BCUT2D eigenvalue weighted by Crippen LogP contribution is -2.52. The first-order valence-electron chi connectivity index (χ1n) is 7.43. The average Bonchev–Trinajstić information content (AvgIpc) is 2.47. The van der Waals surface area contributed by atoms with E-state index in [9.17, 15) is 5.11 Å². The van der Waals surface area contributed by atoms with Crippen LogP contribution in [0.25, 0.3) is 0 Å². The molecule has 0 aromatic carbocycles. The SMILES string of the molecule is CCC(C)(C(O)c1cnccc1C)N1CCCCC1. The zero-order valence-electron chi connectivity index (χ0n) is 12.4. The maximum absolute atomic E-state index is 10.9. The summed E-state index contributed by atoms with van der Waals surface area (Å²) in [6.45, 7) is 8.60. The van der Waals surface area contributed by atoms with Crippen LogP contribution in [-0.4, -0.2) is 33.6 Å². The third-order valence-electron chi connectivity index (χ3n) is 4.76. The molecule has 0 aliphatic carbocycles. The molecule has 2 unspecified atom stereocenters. The summed E-state index contributed by atoms with van der Waals surface area (Å²) >= 11 is 0. The van der Waals surface area contributed by atoms with E-state index in [0.717, 1.165) is 30.6 Å². The standard InChI is InChI=1S/C16H26N2O/c1-4-16(3,18-10-6-5-7-11-18)15(19)14-12-17-9-8-13(14)2/h8-9,12,15,19H,4-7,10-11H2,1-3H3. The van der Waals surface area contributed by atoms with Gasteiger partial charge in [0.05, 0.1) is 6.10 Å². The van der Waals surface area contributed by atoms with Crippen molar-refractivity contribution >= 4 is 0 Å². The first kappa shape index (κ1) is 14.5. The number of piperidine rings is 1. The molecule has 3 nitrogen and oxygen atoms in total. The molecule has 1 N–H and O–H groups in total. The molecule has 0 radical (unpaired) electrons. The maximum atomic E-state index is 10.9. The van der Waals surface area contributed by atoms with E-state index < -0.39 is 6.10 Å². The normalized spacial score (nSPS) is 21.9. The highest BCUT2D eigenvalue weighted by molar-refractivity contribution is 5.26. The van der Waals surface area contributed by atoms with Gasteiger partial charge in [-0.1, -0.05) is 13.3 Å². The molecule has 0 amide bonds. The van der Waals surface area contributed by atoms with Gasteiger partial charge < -0.3 is 5.11 Å². The van der Waals surface area contributed by atoms with Gasteiger partial charge in [-0.05, 0) is 57.8 Å². The van der Waals surface area contributed by atoms with Crippen molar-refractivity contribution in [3.05, 3.63) is 29.6 Å². The molecule has 1 aromatic heterocycles. The highest BCUT2D eigenvalue weighted by Gasteiger charge is 2.39. The van der Waals surface area contributed by atoms with Crippen LogP contribution in [-0.2, 0) is 0 Å². The second kappa shape index (κ2) is 6.02. The number of likely N-dealkylation sites (tertiary alicyclic amines) is 1. The van der Waals surface area contributed by atoms with Crippen LogP contribution in [0.1, 0.15) is 56.8 Å². The minimum atomic E-state index is -0.468. The van der Waals surface area contributed by atoms with Gasteiger partial charge in [-0.2, -0.15) is 0 Å². The Morgan fingerprint density at radius 3 is 2.63 bits per heavy atom. The Morgan fingerprint density at radius 1 is 1.37 bits per heavy atom. The van der Waals surface area contributed by atoms with Gasteiger partial charge in [-0.3, -0.25) is 9.88 Å². The van der Waals surface area contributed by atoms with E-state index in [4.69, 9.17) is 0 Å². The predicted molar refractivity (Wildman–Crippen MR) is 78.1 cm³/mol. The molecule has 1 aromatic rings. The molecule has 1 aliphatic rings. The van der Waals surface area contributed by atoms with Crippen molar-refractivity contribution in [1.82, 2.24) is 9.88 Å². The largest absolute Gasteiger partial charge is 0.386 e. The Morgan fingerprint density at radius 2 is 2.05 bits per heavy atom. The lowest BCUT2D eigenvalue weighted by molar-refractivity contribution is -0.0356. The second-order valence-corrected chi connectivity index (χ2v) is 5.89. The molecule has 1 fully saturated rings. The van der Waals surface area contributed by atoms with Crippen LogP contribution in [0.15, 0.2) is 18.5 Å². The van der Waals surface area contributed by atoms with Gasteiger partial charge in [-0.25, -0.2) is 0 Å². The smallest absolute Gasteiger partial charge is 0.0988 e. The third kappa shape index (κ3) is 2.82. The van der Waals surface area contributed by atoms with Gasteiger partial charge >= 0.3 is 0 Å². The first-order chi connectivity index (χ1) is 9.09. The summed E-state index contributed by atoms with van der Waals surface area (Å²) < 4.78 is 0. The summed E-state index contributed by atoms with van der Waals surface area (Å²) in [6, 6.07) is 1.98. The summed E-state index contributed by atoms with van der Waals surface area (Å²) in [5.41, 5.74) is 1.91. The van der Waals surface area contributed by atoms with E-state index in [0.29, 0.717) is 0 Å². The van der Waals surface area contributed by atoms with Gasteiger partial charge in [0.25, 0.3) is 0 Å². The summed E-state index contributed by atoms with van der Waals surface area (Å²) in [4.78, 5) is 6.65. The summed E-state index contributed by atoms with van der Waals surface area (Å²) in [5.74, 6) is 0.